The van der Waals surface area contributed by atoms with Crippen LogP contribution in [-0.4, -0.2) is 7.05 Å². The van der Waals surface area contributed by atoms with Crippen LogP contribution in [0.2, 0.25) is 0 Å². The lowest BCUT2D eigenvalue weighted by Crippen LogP contribution is -2.17. The van der Waals surface area contributed by atoms with Crippen molar-refractivity contribution in [2.75, 3.05) is 7.05 Å². The molecule has 0 spiro atoms. The standard InChI is InChI=1S/C14H22FN/c1-10(2)5-8-14(16-4)12-7-6-11(3)13(15)9-12/h6-7,9-10,14,16H,5,8H2,1-4H3. The second kappa shape index (κ2) is 6.00. The molecule has 0 heterocycles. The van der Waals surface area contributed by atoms with Crippen LogP contribution < -0.4 is 5.32 Å². The molecule has 1 atom stereocenters. The molecule has 1 N–H and O–H groups in total. The maximum absolute atomic E-state index is 13.4. The molecule has 0 saturated heterocycles. The molecule has 0 radical (unpaired) electrons. The molecule has 90 valence electrons. The van der Waals surface area contributed by atoms with Gasteiger partial charge in [-0.05, 0) is 49.9 Å². The van der Waals surface area contributed by atoms with Gasteiger partial charge < -0.3 is 5.32 Å². The Morgan fingerprint density at radius 2 is 1.94 bits per heavy atom. The van der Waals surface area contributed by atoms with Crippen LogP contribution in [0.4, 0.5) is 4.39 Å². The summed E-state index contributed by atoms with van der Waals surface area (Å²) in [5.41, 5.74) is 1.76. The summed E-state index contributed by atoms with van der Waals surface area (Å²) in [6.45, 7) is 6.21. The molecular formula is C14H22FN. The molecule has 1 aromatic carbocycles. The first-order valence-electron chi connectivity index (χ1n) is 5.98. The van der Waals surface area contributed by atoms with Gasteiger partial charge >= 0.3 is 0 Å². The van der Waals surface area contributed by atoms with E-state index in [1.807, 2.05) is 19.2 Å². The highest BCUT2D eigenvalue weighted by Crippen LogP contribution is 2.22. The van der Waals surface area contributed by atoms with Gasteiger partial charge in [0.1, 0.15) is 5.82 Å². The molecule has 0 aromatic heterocycles. The number of aryl methyl sites for hydroxylation is 1. The van der Waals surface area contributed by atoms with Gasteiger partial charge in [-0.2, -0.15) is 0 Å². The SMILES string of the molecule is CNC(CCC(C)C)c1ccc(C)c(F)c1. The van der Waals surface area contributed by atoms with Crippen molar-refractivity contribution in [3.63, 3.8) is 0 Å². The van der Waals surface area contributed by atoms with E-state index in [0.717, 1.165) is 18.4 Å². The Bertz CT molecular complexity index is 334. The van der Waals surface area contributed by atoms with Crippen molar-refractivity contribution >= 4 is 0 Å². The summed E-state index contributed by atoms with van der Waals surface area (Å²) >= 11 is 0. The van der Waals surface area contributed by atoms with Crippen molar-refractivity contribution in [3.05, 3.63) is 35.1 Å². The van der Waals surface area contributed by atoms with Crippen LogP contribution >= 0.6 is 0 Å². The molecule has 0 aliphatic heterocycles. The van der Waals surface area contributed by atoms with Gasteiger partial charge in [0.2, 0.25) is 0 Å². The van der Waals surface area contributed by atoms with Crippen molar-refractivity contribution in [3.8, 4) is 0 Å². The third-order valence-corrected chi connectivity index (χ3v) is 2.98. The van der Waals surface area contributed by atoms with E-state index in [1.165, 1.54) is 0 Å². The summed E-state index contributed by atoms with van der Waals surface area (Å²) in [6.07, 6.45) is 2.21. The number of hydrogen-bond donors (Lipinski definition) is 1. The van der Waals surface area contributed by atoms with Crippen molar-refractivity contribution in [1.82, 2.24) is 5.32 Å². The second-order valence-corrected chi connectivity index (χ2v) is 4.82. The van der Waals surface area contributed by atoms with Crippen LogP contribution in [0, 0.1) is 18.7 Å². The number of rotatable bonds is 5. The van der Waals surface area contributed by atoms with Gasteiger partial charge in [-0.15, -0.1) is 0 Å². The summed E-state index contributed by atoms with van der Waals surface area (Å²) in [7, 11) is 1.93. The van der Waals surface area contributed by atoms with Crippen molar-refractivity contribution in [2.24, 2.45) is 5.92 Å². The van der Waals surface area contributed by atoms with Gasteiger partial charge in [-0.1, -0.05) is 26.0 Å². The van der Waals surface area contributed by atoms with Crippen molar-refractivity contribution in [2.45, 2.75) is 39.7 Å². The molecule has 1 aromatic rings. The Kier molecular flexibility index (Phi) is 4.94. The molecule has 1 nitrogen and oxygen atoms in total. The van der Waals surface area contributed by atoms with Gasteiger partial charge in [-0.25, -0.2) is 4.39 Å². The molecule has 0 aliphatic carbocycles. The van der Waals surface area contributed by atoms with E-state index in [2.05, 4.69) is 19.2 Å². The maximum atomic E-state index is 13.4. The molecule has 0 aliphatic rings. The number of halogens is 1. The predicted molar refractivity (Wildman–Crippen MR) is 67.0 cm³/mol. The fraction of sp³-hybridized carbons (Fsp3) is 0.571. The second-order valence-electron chi connectivity index (χ2n) is 4.82. The Hall–Kier alpha value is -0.890. The van der Waals surface area contributed by atoms with Gasteiger partial charge in [0.25, 0.3) is 0 Å². The number of nitrogens with one attached hydrogen (secondary N) is 1. The molecular weight excluding hydrogens is 201 g/mol. The monoisotopic (exact) mass is 223 g/mol. The van der Waals surface area contributed by atoms with Crippen LogP contribution in [0.15, 0.2) is 18.2 Å². The van der Waals surface area contributed by atoms with Gasteiger partial charge in [-0.3, -0.25) is 0 Å². The number of hydrogen-bond acceptors (Lipinski definition) is 1. The fourth-order valence-corrected chi connectivity index (χ4v) is 1.80. The predicted octanol–water partition coefficient (Wildman–Crippen LogP) is 3.83. The van der Waals surface area contributed by atoms with Crippen LogP contribution in [0.5, 0.6) is 0 Å². The quantitative estimate of drug-likeness (QED) is 0.800. The maximum Gasteiger partial charge on any atom is 0.126 e. The third-order valence-electron chi connectivity index (χ3n) is 2.98. The first kappa shape index (κ1) is 13.2. The lowest BCUT2D eigenvalue weighted by atomic mass is 9.97. The van der Waals surface area contributed by atoms with E-state index in [-0.39, 0.29) is 11.9 Å². The Morgan fingerprint density at radius 1 is 1.25 bits per heavy atom. The number of benzene rings is 1. The Balaban J connectivity index is 2.74. The van der Waals surface area contributed by atoms with E-state index in [4.69, 9.17) is 0 Å². The average Bonchev–Trinajstić information content (AvgIpc) is 2.23. The molecule has 1 rings (SSSR count). The highest BCUT2D eigenvalue weighted by molar-refractivity contribution is 5.25. The first-order valence-corrected chi connectivity index (χ1v) is 5.98. The van der Waals surface area contributed by atoms with Gasteiger partial charge in [0.15, 0.2) is 0 Å². The minimum atomic E-state index is -0.109. The average molecular weight is 223 g/mol. The zero-order valence-corrected chi connectivity index (χ0v) is 10.7. The fourth-order valence-electron chi connectivity index (χ4n) is 1.80. The highest BCUT2D eigenvalue weighted by Gasteiger charge is 2.11. The van der Waals surface area contributed by atoms with Crippen LogP contribution in [0.25, 0.3) is 0 Å². The molecule has 1 unspecified atom stereocenters. The topological polar surface area (TPSA) is 12.0 Å². The minimum Gasteiger partial charge on any atom is -0.313 e. The summed E-state index contributed by atoms with van der Waals surface area (Å²) in [5.74, 6) is 0.577. The highest BCUT2D eigenvalue weighted by atomic mass is 19.1. The Morgan fingerprint density at radius 3 is 2.44 bits per heavy atom. The van der Waals surface area contributed by atoms with Gasteiger partial charge in [0.05, 0.1) is 0 Å². The molecule has 0 bridgehead atoms. The van der Waals surface area contributed by atoms with E-state index < -0.39 is 0 Å². The van der Waals surface area contributed by atoms with Gasteiger partial charge in [0, 0.05) is 6.04 Å². The zero-order valence-electron chi connectivity index (χ0n) is 10.7. The summed E-state index contributed by atoms with van der Waals surface area (Å²) in [6, 6.07) is 5.78. The van der Waals surface area contributed by atoms with E-state index in [0.29, 0.717) is 11.5 Å². The Labute approximate surface area is 98.1 Å². The molecule has 16 heavy (non-hydrogen) atoms. The van der Waals surface area contributed by atoms with Crippen LogP contribution in [0.1, 0.15) is 43.9 Å². The third kappa shape index (κ3) is 3.60. The van der Waals surface area contributed by atoms with E-state index in [1.54, 1.807) is 13.0 Å². The normalized spacial score (nSPS) is 13.1. The van der Waals surface area contributed by atoms with E-state index >= 15 is 0 Å². The first-order chi connectivity index (χ1) is 7.54. The zero-order chi connectivity index (χ0) is 12.1. The van der Waals surface area contributed by atoms with Crippen molar-refractivity contribution < 1.29 is 4.39 Å². The van der Waals surface area contributed by atoms with E-state index in [9.17, 15) is 4.39 Å². The minimum absolute atomic E-state index is 0.109. The van der Waals surface area contributed by atoms with Crippen molar-refractivity contribution in [1.29, 1.82) is 0 Å². The summed E-state index contributed by atoms with van der Waals surface area (Å²) in [4.78, 5) is 0. The molecule has 2 heteroatoms. The van der Waals surface area contributed by atoms with Crippen LogP contribution in [-0.2, 0) is 0 Å². The smallest absolute Gasteiger partial charge is 0.126 e. The molecule has 0 fully saturated rings. The molecule has 0 saturated carbocycles. The molecule has 0 amide bonds. The lowest BCUT2D eigenvalue weighted by Gasteiger charge is -2.18. The summed E-state index contributed by atoms with van der Waals surface area (Å²) < 4.78 is 13.4. The van der Waals surface area contributed by atoms with Crippen LogP contribution in [0.3, 0.4) is 0 Å². The lowest BCUT2D eigenvalue weighted by molar-refractivity contribution is 0.463. The largest absolute Gasteiger partial charge is 0.313 e. The summed E-state index contributed by atoms with van der Waals surface area (Å²) in [5, 5.41) is 3.25.